The van der Waals surface area contributed by atoms with Crippen LogP contribution in [0.15, 0.2) is 54.6 Å². The highest BCUT2D eigenvalue weighted by atomic mass is 16.7. The van der Waals surface area contributed by atoms with Gasteiger partial charge in [-0.2, -0.15) is 0 Å². The summed E-state index contributed by atoms with van der Waals surface area (Å²) in [5.41, 5.74) is 1.90. The van der Waals surface area contributed by atoms with Gasteiger partial charge in [0.1, 0.15) is 18.8 Å². The molecular weight excluding hydrogens is 524 g/mol. The number of amides is 2. The second-order valence-electron chi connectivity index (χ2n) is 9.32. The Morgan fingerprint density at radius 2 is 1.75 bits per heavy atom. The van der Waals surface area contributed by atoms with Crippen molar-refractivity contribution in [1.29, 1.82) is 0 Å². The standard InChI is InChI=1S/C28H32N2O10/c1-2-17-8-10-18(11-9-17)12-22(34)29-14-21(33)25(36)26-24(30-23(35)15-31)20(32)13-28(40-26,27(37)38)39-16-19-6-4-3-5-7-19/h1,3-11,20-21,24-26,31-33,36H,12-16H2,(H,29,34)(H,30,35)(H,37,38)/t20-,21+,24+,25+,26+,28-/m0/s1. The molecule has 0 aromatic heterocycles. The van der Waals surface area contributed by atoms with Crippen molar-refractivity contribution in [2.75, 3.05) is 13.2 Å². The van der Waals surface area contributed by atoms with Crippen molar-refractivity contribution >= 4 is 17.8 Å². The number of nitrogens with one attached hydrogen (secondary N) is 2. The van der Waals surface area contributed by atoms with E-state index in [9.17, 15) is 34.8 Å². The average molecular weight is 557 g/mol. The van der Waals surface area contributed by atoms with Crippen molar-refractivity contribution in [2.24, 2.45) is 0 Å². The van der Waals surface area contributed by atoms with Gasteiger partial charge in [0.15, 0.2) is 0 Å². The number of rotatable bonds is 12. The summed E-state index contributed by atoms with van der Waals surface area (Å²) in [5.74, 6) is -3.01. The highest BCUT2D eigenvalue weighted by Crippen LogP contribution is 2.34. The largest absolute Gasteiger partial charge is 0.477 e. The van der Waals surface area contributed by atoms with Gasteiger partial charge in [0, 0.05) is 18.5 Å². The van der Waals surface area contributed by atoms with Crippen LogP contribution in [0.3, 0.4) is 0 Å². The van der Waals surface area contributed by atoms with Gasteiger partial charge in [-0.05, 0) is 23.3 Å². The summed E-state index contributed by atoms with van der Waals surface area (Å²) in [5, 5.41) is 56.3. The molecule has 2 amide bonds. The Kier molecular flexibility index (Phi) is 10.7. The van der Waals surface area contributed by atoms with Gasteiger partial charge in [-0.15, -0.1) is 6.42 Å². The van der Waals surface area contributed by atoms with E-state index in [-0.39, 0.29) is 13.0 Å². The number of aliphatic hydroxyl groups excluding tert-OH is 4. The van der Waals surface area contributed by atoms with Crippen LogP contribution >= 0.6 is 0 Å². The molecule has 7 N–H and O–H groups in total. The Labute approximate surface area is 230 Å². The molecule has 0 saturated carbocycles. The minimum atomic E-state index is -2.45. The molecule has 1 fully saturated rings. The molecular formula is C28H32N2O10. The molecule has 2 aromatic carbocycles. The van der Waals surface area contributed by atoms with Crippen LogP contribution in [0.4, 0.5) is 0 Å². The molecule has 2 aromatic rings. The highest BCUT2D eigenvalue weighted by molar-refractivity contribution is 5.79. The average Bonchev–Trinajstić information content (AvgIpc) is 2.96. The zero-order valence-corrected chi connectivity index (χ0v) is 21.5. The molecule has 40 heavy (non-hydrogen) atoms. The molecule has 1 aliphatic rings. The van der Waals surface area contributed by atoms with Crippen LogP contribution in [0.2, 0.25) is 0 Å². The third-order valence-electron chi connectivity index (χ3n) is 6.41. The zero-order valence-electron chi connectivity index (χ0n) is 21.5. The van der Waals surface area contributed by atoms with Crippen LogP contribution in [0.1, 0.15) is 23.1 Å². The summed E-state index contributed by atoms with van der Waals surface area (Å²) in [6.45, 7) is -1.65. The van der Waals surface area contributed by atoms with Crippen LogP contribution in [0.5, 0.6) is 0 Å². The second-order valence-corrected chi connectivity index (χ2v) is 9.32. The summed E-state index contributed by atoms with van der Waals surface area (Å²) in [4.78, 5) is 36.6. The van der Waals surface area contributed by atoms with Crippen LogP contribution in [-0.4, -0.2) is 92.7 Å². The minimum absolute atomic E-state index is 0.0447. The molecule has 1 saturated heterocycles. The van der Waals surface area contributed by atoms with Gasteiger partial charge in [-0.25, -0.2) is 4.79 Å². The van der Waals surface area contributed by atoms with E-state index in [0.29, 0.717) is 16.7 Å². The predicted octanol–water partition coefficient (Wildman–Crippen LogP) is -1.33. The smallest absolute Gasteiger partial charge is 0.364 e. The van der Waals surface area contributed by atoms with Gasteiger partial charge in [0.25, 0.3) is 5.79 Å². The lowest BCUT2D eigenvalue weighted by molar-refractivity contribution is -0.314. The molecule has 3 rings (SSSR count). The van der Waals surface area contributed by atoms with Crippen molar-refractivity contribution in [2.45, 2.75) is 55.7 Å². The molecule has 0 spiro atoms. The lowest BCUT2D eigenvalue weighted by atomic mass is 9.88. The predicted molar refractivity (Wildman–Crippen MR) is 139 cm³/mol. The third kappa shape index (κ3) is 7.86. The molecule has 0 bridgehead atoms. The highest BCUT2D eigenvalue weighted by Gasteiger charge is 2.55. The second kappa shape index (κ2) is 14.0. The fourth-order valence-electron chi connectivity index (χ4n) is 4.25. The molecule has 0 unspecified atom stereocenters. The fourth-order valence-corrected chi connectivity index (χ4v) is 4.25. The number of carbonyl (C=O) groups excluding carboxylic acids is 2. The van der Waals surface area contributed by atoms with E-state index in [1.165, 1.54) is 0 Å². The maximum absolute atomic E-state index is 12.4. The van der Waals surface area contributed by atoms with E-state index < -0.39 is 73.6 Å². The minimum Gasteiger partial charge on any atom is -0.477 e. The SMILES string of the molecule is C#Cc1ccc(CC(=O)NC[C@@H](O)[C@@H](O)[C@@H]2O[C@](OCc3ccccc3)(C(=O)O)C[C@H](O)[C@H]2NC(=O)CO)cc1. The van der Waals surface area contributed by atoms with Crippen molar-refractivity contribution in [1.82, 2.24) is 10.6 Å². The van der Waals surface area contributed by atoms with Gasteiger partial charge in [-0.1, -0.05) is 48.4 Å². The Bertz CT molecular complexity index is 1200. The van der Waals surface area contributed by atoms with Gasteiger partial charge in [0.2, 0.25) is 11.8 Å². The van der Waals surface area contributed by atoms with Gasteiger partial charge in [-0.3, -0.25) is 9.59 Å². The summed E-state index contributed by atoms with van der Waals surface area (Å²) < 4.78 is 11.3. The van der Waals surface area contributed by atoms with E-state index in [2.05, 4.69) is 16.6 Å². The molecule has 1 heterocycles. The van der Waals surface area contributed by atoms with E-state index >= 15 is 0 Å². The first-order valence-corrected chi connectivity index (χ1v) is 12.4. The number of aliphatic hydroxyl groups is 4. The summed E-state index contributed by atoms with van der Waals surface area (Å²) in [7, 11) is 0. The number of terminal acetylenes is 1. The maximum atomic E-state index is 12.4. The molecule has 0 radical (unpaired) electrons. The first kappa shape index (κ1) is 30.7. The number of ether oxygens (including phenoxy) is 2. The van der Waals surface area contributed by atoms with Crippen LogP contribution in [0.25, 0.3) is 0 Å². The van der Waals surface area contributed by atoms with E-state index in [1.807, 2.05) is 0 Å². The summed E-state index contributed by atoms with van der Waals surface area (Å²) in [6, 6.07) is 13.8. The van der Waals surface area contributed by atoms with Gasteiger partial charge < -0.3 is 45.6 Å². The number of hydrogen-bond acceptors (Lipinski definition) is 9. The van der Waals surface area contributed by atoms with Crippen LogP contribution in [0, 0.1) is 12.3 Å². The summed E-state index contributed by atoms with van der Waals surface area (Å²) >= 11 is 0. The quantitative estimate of drug-likeness (QED) is 0.154. The fraction of sp³-hybridized carbons (Fsp3) is 0.393. The number of benzene rings is 2. The number of aliphatic carboxylic acids is 1. The number of carboxylic acids is 1. The molecule has 12 nitrogen and oxygen atoms in total. The zero-order chi connectivity index (χ0) is 29.3. The normalized spacial score (nSPS) is 23.8. The molecule has 0 aliphatic carbocycles. The topological polar surface area (TPSA) is 195 Å². The van der Waals surface area contributed by atoms with E-state index in [4.69, 9.17) is 21.0 Å². The van der Waals surface area contributed by atoms with Gasteiger partial charge in [0.05, 0.1) is 31.3 Å². The van der Waals surface area contributed by atoms with Crippen LogP contribution < -0.4 is 10.6 Å². The van der Waals surface area contributed by atoms with Gasteiger partial charge >= 0.3 is 5.97 Å². The van der Waals surface area contributed by atoms with Crippen molar-refractivity contribution < 1.29 is 49.4 Å². The Morgan fingerprint density at radius 1 is 1.07 bits per heavy atom. The van der Waals surface area contributed by atoms with E-state index in [0.717, 1.165) is 0 Å². The molecule has 6 atom stereocenters. The first-order valence-electron chi connectivity index (χ1n) is 12.4. The molecule has 214 valence electrons. The van der Waals surface area contributed by atoms with Crippen molar-refractivity contribution in [3.05, 3.63) is 71.3 Å². The number of carboxylic acid groups (broad SMARTS) is 1. The van der Waals surface area contributed by atoms with Crippen molar-refractivity contribution in [3.63, 3.8) is 0 Å². The maximum Gasteiger partial charge on any atom is 0.364 e. The summed E-state index contributed by atoms with van der Waals surface area (Å²) in [6.07, 6.45) is -2.32. The number of hydrogen-bond donors (Lipinski definition) is 7. The number of carbonyl (C=O) groups is 3. The third-order valence-corrected chi connectivity index (χ3v) is 6.41. The lowest BCUT2D eigenvalue weighted by Gasteiger charge is -2.46. The van der Waals surface area contributed by atoms with E-state index in [1.54, 1.807) is 54.6 Å². The first-order chi connectivity index (χ1) is 19.1. The van der Waals surface area contributed by atoms with Crippen LogP contribution in [-0.2, 0) is 36.9 Å². The Hall–Kier alpha value is -3.83. The monoisotopic (exact) mass is 556 g/mol. The lowest BCUT2D eigenvalue weighted by Crippen LogP contribution is -2.68. The molecule has 1 aliphatic heterocycles. The Morgan fingerprint density at radius 3 is 2.35 bits per heavy atom. The molecule has 12 heteroatoms. The Balaban J connectivity index is 1.74. The van der Waals surface area contributed by atoms with Crippen molar-refractivity contribution in [3.8, 4) is 12.3 Å².